The van der Waals surface area contributed by atoms with Gasteiger partial charge in [0.05, 0.1) is 6.20 Å². The van der Waals surface area contributed by atoms with E-state index in [0.29, 0.717) is 13.2 Å². The maximum Gasteiger partial charge on any atom is 0.520 e. The van der Waals surface area contributed by atoms with Crippen LogP contribution in [0.15, 0.2) is 42.7 Å². The normalized spacial score (nSPS) is 18.9. The molecule has 0 aromatic heterocycles. The standard InChI is InChI=1S/C23H36N2O2/c1-2-3-4-5-6-7-8-9-10-14-17-24-18-19-25(21-24,23(26)27)20-22-15-12-11-13-16-22/h11-13,15-16,18-19H,2-10,14,17,20-21H2,1H3/p+1. The molecule has 1 aliphatic rings. The molecular formula is C23H37N2O2+. The zero-order chi connectivity index (χ0) is 19.4. The van der Waals surface area contributed by atoms with E-state index in [9.17, 15) is 9.90 Å². The number of nitrogens with zero attached hydrogens (tertiary/aromatic N) is 2. The highest BCUT2D eigenvalue weighted by Gasteiger charge is 2.40. The average Bonchev–Trinajstić information content (AvgIpc) is 3.08. The Bertz CT molecular complexity index is 573. The van der Waals surface area contributed by atoms with Gasteiger partial charge < -0.3 is 10.0 Å². The van der Waals surface area contributed by atoms with E-state index < -0.39 is 6.09 Å². The fourth-order valence-electron chi connectivity index (χ4n) is 3.79. The largest absolute Gasteiger partial charge is 0.520 e. The number of unbranched alkanes of at least 4 members (excludes halogenated alkanes) is 9. The van der Waals surface area contributed by atoms with Gasteiger partial charge in [0.25, 0.3) is 0 Å². The third kappa shape index (κ3) is 7.37. The Morgan fingerprint density at radius 2 is 1.56 bits per heavy atom. The number of benzene rings is 1. The molecule has 1 atom stereocenters. The van der Waals surface area contributed by atoms with Gasteiger partial charge >= 0.3 is 6.09 Å². The van der Waals surface area contributed by atoms with Crippen molar-refractivity contribution in [1.82, 2.24) is 4.90 Å². The molecule has 1 unspecified atom stereocenters. The van der Waals surface area contributed by atoms with Crippen molar-refractivity contribution < 1.29 is 14.4 Å². The molecule has 1 aromatic carbocycles. The summed E-state index contributed by atoms with van der Waals surface area (Å²) in [5.74, 6) is 0. The van der Waals surface area contributed by atoms with Crippen LogP contribution >= 0.6 is 0 Å². The lowest BCUT2D eigenvalue weighted by Gasteiger charge is -2.27. The van der Waals surface area contributed by atoms with Crippen molar-refractivity contribution >= 4 is 6.09 Å². The van der Waals surface area contributed by atoms with Gasteiger partial charge in [-0.1, -0.05) is 95.0 Å². The molecule has 4 heteroatoms. The summed E-state index contributed by atoms with van der Waals surface area (Å²) in [7, 11) is 0. The summed E-state index contributed by atoms with van der Waals surface area (Å²) in [5.41, 5.74) is 1.06. The molecule has 1 amide bonds. The number of quaternary nitrogens is 1. The number of carbonyl (C=O) groups is 1. The van der Waals surface area contributed by atoms with E-state index in [-0.39, 0.29) is 4.48 Å². The molecule has 1 aromatic rings. The number of hydrogen-bond acceptors (Lipinski definition) is 2. The van der Waals surface area contributed by atoms with Gasteiger partial charge in [-0.3, -0.25) is 0 Å². The van der Waals surface area contributed by atoms with Gasteiger partial charge in [0.1, 0.15) is 12.7 Å². The Hall–Kier alpha value is -1.81. The monoisotopic (exact) mass is 373 g/mol. The molecule has 0 radical (unpaired) electrons. The second-order valence-electron chi connectivity index (χ2n) is 7.89. The van der Waals surface area contributed by atoms with E-state index in [4.69, 9.17) is 0 Å². The highest BCUT2D eigenvalue weighted by molar-refractivity contribution is 5.58. The van der Waals surface area contributed by atoms with Gasteiger partial charge in [-0.05, 0) is 6.42 Å². The molecule has 0 bridgehead atoms. The van der Waals surface area contributed by atoms with Crippen LogP contribution < -0.4 is 0 Å². The number of hydrogen-bond donors (Lipinski definition) is 1. The SMILES string of the molecule is CCCCCCCCCCCCN1C=C[N+](Cc2ccccc2)(C(=O)O)C1. The van der Waals surface area contributed by atoms with Crippen LogP contribution in [0.3, 0.4) is 0 Å². The lowest BCUT2D eigenvalue weighted by atomic mass is 10.1. The summed E-state index contributed by atoms with van der Waals surface area (Å²) < 4.78 is -0.0260. The van der Waals surface area contributed by atoms with E-state index >= 15 is 0 Å². The van der Waals surface area contributed by atoms with E-state index in [0.717, 1.165) is 18.5 Å². The quantitative estimate of drug-likeness (QED) is 0.324. The van der Waals surface area contributed by atoms with Gasteiger partial charge in [-0.15, -0.1) is 0 Å². The number of carboxylic acid groups (broad SMARTS) is 1. The second kappa shape index (κ2) is 11.8. The molecule has 2 rings (SSSR count). The topological polar surface area (TPSA) is 40.5 Å². The molecule has 150 valence electrons. The third-order valence-corrected chi connectivity index (χ3v) is 5.48. The van der Waals surface area contributed by atoms with Crippen LogP contribution in [0.1, 0.15) is 76.7 Å². The van der Waals surface area contributed by atoms with Gasteiger partial charge in [-0.2, -0.15) is 9.28 Å². The first-order valence-corrected chi connectivity index (χ1v) is 10.7. The van der Waals surface area contributed by atoms with Crippen molar-refractivity contribution in [1.29, 1.82) is 0 Å². The van der Waals surface area contributed by atoms with Crippen LogP contribution in [0.5, 0.6) is 0 Å². The molecule has 0 saturated heterocycles. The van der Waals surface area contributed by atoms with E-state index in [2.05, 4.69) is 11.8 Å². The summed E-state index contributed by atoms with van der Waals surface area (Å²) in [4.78, 5) is 14.1. The van der Waals surface area contributed by atoms with Crippen molar-refractivity contribution in [3.8, 4) is 0 Å². The zero-order valence-corrected chi connectivity index (χ0v) is 17.0. The van der Waals surface area contributed by atoms with Gasteiger partial charge in [-0.25, -0.2) is 0 Å². The van der Waals surface area contributed by atoms with Crippen molar-refractivity contribution in [2.75, 3.05) is 13.2 Å². The molecule has 1 N–H and O–H groups in total. The summed E-state index contributed by atoms with van der Waals surface area (Å²) in [5, 5.41) is 9.78. The van der Waals surface area contributed by atoms with Gasteiger partial charge in [0, 0.05) is 12.1 Å². The average molecular weight is 374 g/mol. The summed E-state index contributed by atoms with van der Waals surface area (Å²) in [6.45, 7) is 4.24. The Labute approximate surface area is 165 Å². The summed E-state index contributed by atoms with van der Waals surface area (Å²) >= 11 is 0. The Morgan fingerprint density at radius 3 is 2.15 bits per heavy atom. The van der Waals surface area contributed by atoms with E-state index in [1.165, 1.54) is 57.8 Å². The second-order valence-corrected chi connectivity index (χ2v) is 7.89. The lowest BCUT2D eigenvalue weighted by Crippen LogP contribution is -2.48. The Morgan fingerprint density at radius 1 is 0.963 bits per heavy atom. The molecule has 1 heterocycles. The molecule has 1 aliphatic heterocycles. The number of amides is 1. The van der Waals surface area contributed by atoms with Crippen LogP contribution in [0.25, 0.3) is 0 Å². The summed E-state index contributed by atoms with van der Waals surface area (Å²) in [6, 6.07) is 9.90. The maximum atomic E-state index is 11.9. The first-order chi connectivity index (χ1) is 13.2. The van der Waals surface area contributed by atoms with E-state index in [1.807, 2.05) is 42.7 Å². The fraction of sp³-hybridized carbons (Fsp3) is 0.609. The molecule has 0 spiro atoms. The van der Waals surface area contributed by atoms with Crippen LogP contribution in [-0.4, -0.2) is 33.8 Å². The minimum atomic E-state index is -0.777. The molecular weight excluding hydrogens is 336 g/mol. The van der Waals surface area contributed by atoms with Crippen molar-refractivity contribution in [2.45, 2.75) is 77.7 Å². The Kier molecular flexibility index (Phi) is 9.40. The Balaban J connectivity index is 1.62. The van der Waals surface area contributed by atoms with Crippen LogP contribution in [0.4, 0.5) is 4.79 Å². The predicted octanol–water partition coefficient (Wildman–Crippen LogP) is 6.35. The van der Waals surface area contributed by atoms with Crippen LogP contribution in [0.2, 0.25) is 0 Å². The van der Waals surface area contributed by atoms with Crippen LogP contribution in [-0.2, 0) is 6.54 Å². The van der Waals surface area contributed by atoms with Crippen LogP contribution in [0, 0.1) is 0 Å². The third-order valence-electron chi connectivity index (χ3n) is 5.48. The minimum absolute atomic E-state index is 0.0260. The predicted molar refractivity (Wildman–Crippen MR) is 111 cm³/mol. The zero-order valence-electron chi connectivity index (χ0n) is 17.0. The fourth-order valence-corrected chi connectivity index (χ4v) is 3.79. The minimum Gasteiger partial charge on any atom is -0.435 e. The van der Waals surface area contributed by atoms with Crippen molar-refractivity contribution in [2.24, 2.45) is 0 Å². The molecule has 0 aliphatic carbocycles. The smallest absolute Gasteiger partial charge is 0.435 e. The van der Waals surface area contributed by atoms with Crippen molar-refractivity contribution in [3.05, 3.63) is 48.3 Å². The molecule has 0 saturated carbocycles. The van der Waals surface area contributed by atoms with E-state index in [1.54, 1.807) is 0 Å². The lowest BCUT2D eigenvalue weighted by molar-refractivity contribution is -0.822. The first-order valence-electron chi connectivity index (χ1n) is 10.7. The molecule has 4 nitrogen and oxygen atoms in total. The molecule has 0 fully saturated rings. The maximum absolute atomic E-state index is 11.9. The molecule has 27 heavy (non-hydrogen) atoms. The van der Waals surface area contributed by atoms with Crippen molar-refractivity contribution in [3.63, 3.8) is 0 Å². The highest BCUT2D eigenvalue weighted by Crippen LogP contribution is 2.23. The van der Waals surface area contributed by atoms with Gasteiger partial charge in [0.2, 0.25) is 0 Å². The first kappa shape index (κ1) is 21.5. The highest BCUT2D eigenvalue weighted by atomic mass is 16.4. The number of rotatable bonds is 13. The van der Waals surface area contributed by atoms with Gasteiger partial charge in [0.15, 0.2) is 6.67 Å². The summed E-state index contributed by atoms with van der Waals surface area (Å²) in [6.07, 6.45) is 16.3.